The first-order chi connectivity index (χ1) is 7.96. The van der Waals surface area contributed by atoms with E-state index in [0.717, 1.165) is 0 Å². The second-order valence-corrected chi connectivity index (χ2v) is 6.36. The Morgan fingerprint density at radius 3 is 2.82 bits per heavy atom. The number of aliphatic hydroxyl groups is 1. The van der Waals surface area contributed by atoms with E-state index < -0.39 is 10.0 Å². The molecule has 1 saturated heterocycles. The number of sulfonamides is 1. The first-order valence-corrected chi connectivity index (χ1v) is 7.06. The zero-order valence-electron chi connectivity index (χ0n) is 9.37. The van der Waals surface area contributed by atoms with Crippen molar-refractivity contribution in [2.75, 3.05) is 19.7 Å². The van der Waals surface area contributed by atoms with Gasteiger partial charge in [0, 0.05) is 26.7 Å². The van der Waals surface area contributed by atoms with Gasteiger partial charge in [-0.2, -0.15) is 4.31 Å². The zero-order valence-corrected chi connectivity index (χ0v) is 10.9. The van der Waals surface area contributed by atoms with Crippen molar-refractivity contribution < 1.29 is 13.5 Å². The van der Waals surface area contributed by atoms with Crippen LogP contribution in [0.4, 0.5) is 0 Å². The molecule has 17 heavy (non-hydrogen) atoms. The van der Waals surface area contributed by atoms with Gasteiger partial charge in [0.05, 0.1) is 6.33 Å². The van der Waals surface area contributed by atoms with Gasteiger partial charge in [0.25, 0.3) is 10.0 Å². The summed E-state index contributed by atoms with van der Waals surface area (Å²) in [6, 6.07) is 0. The lowest BCUT2D eigenvalue weighted by molar-refractivity contribution is 0.233. The van der Waals surface area contributed by atoms with Gasteiger partial charge in [-0.05, 0) is 12.3 Å². The minimum absolute atomic E-state index is 0.00195. The van der Waals surface area contributed by atoms with Crippen LogP contribution in [-0.4, -0.2) is 47.1 Å². The fourth-order valence-electron chi connectivity index (χ4n) is 1.85. The Balaban J connectivity index is 2.29. The van der Waals surface area contributed by atoms with Crippen LogP contribution in [0.25, 0.3) is 0 Å². The van der Waals surface area contributed by atoms with Crippen molar-refractivity contribution in [3.8, 4) is 0 Å². The van der Waals surface area contributed by atoms with Gasteiger partial charge in [0.2, 0.25) is 5.03 Å². The molecule has 0 amide bonds. The van der Waals surface area contributed by atoms with Crippen LogP contribution < -0.4 is 0 Å². The predicted octanol–water partition coefficient (Wildman–Crippen LogP) is 0.0764. The Morgan fingerprint density at radius 2 is 2.35 bits per heavy atom. The normalized spacial score (nSPS) is 22.2. The molecule has 6 nitrogen and oxygen atoms in total. The van der Waals surface area contributed by atoms with E-state index in [1.54, 1.807) is 7.05 Å². The van der Waals surface area contributed by atoms with Gasteiger partial charge in [0.1, 0.15) is 5.15 Å². The van der Waals surface area contributed by atoms with Crippen LogP contribution in [0.15, 0.2) is 11.4 Å². The number of halogens is 1. The number of rotatable bonds is 3. The summed E-state index contributed by atoms with van der Waals surface area (Å²) in [6.07, 6.45) is 2.04. The lowest BCUT2D eigenvalue weighted by atomic mass is 10.1. The number of hydrogen-bond acceptors (Lipinski definition) is 4. The first kappa shape index (κ1) is 12.8. The average Bonchev–Trinajstić information content (AvgIpc) is 2.87. The van der Waals surface area contributed by atoms with E-state index in [4.69, 9.17) is 16.7 Å². The number of aliphatic hydroxyl groups excluding tert-OH is 1. The summed E-state index contributed by atoms with van der Waals surface area (Å²) in [5.41, 5.74) is 0. The van der Waals surface area contributed by atoms with E-state index in [2.05, 4.69) is 4.98 Å². The number of nitrogens with zero attached hydrogens (tertiary/aromatic N) is 3. The number of hydrogen-bond donors (Lipinski definition) is 1. The van der Waals surface area contributed by atoms with Gasteiger partial charge in [-0.25, -0.2) is 13.4 Å². The second-order valence-electron chi connectivity index (χ2n) is 4.15. The molecule has 0 spiro atoms. The van der Waals surface area contributed by atoms with Crippen molar-refractivity contribution in [2.45, 2.75) is 11.4 Å². The van der Waals surface area contributed by atoms with E-state index in [-0.39, 0.29) is 22.7 Å². The molecule has 0 aromatic carbocycles. The average molecular weight is 280 g/mol. The topological polar surface area (TPSA) is 75.4 Å². The molecule has 1 aromatic rings. The fourth-order valence-corrected chi connectivity index (χ4v) is 3.77. The summed E-state index contributed by atoms with van der Waals surface area (Å²) in [5.74, 6) is 0.00672. The maximum atomic E-state index is 12.2. The molecular formula is C9H14ClN3O3S. The number of aromatic nitrogens is 2. The maximum Gasteiger partial charge on any atom is 0.263 e. The third-order valence-electron chi connectivity index (χ3n) is 2.93. The highest BCUT2D eigenvalue weighted by Gasteiger charge is 2.35. The molecule has 0 bridgehead atoms. The van der Waals surface area contributed by atoms with E-state index >= 15 is 0 Å². The molecule has 1 aliphatic heterocycles. The highest BCUT2D eigenvalue weighted by molar-refractivity contribution is 7.89. The Kier molecular flexibility index (Phi) is 3.44. The summed E-state index contributed by atoms with van der Waals surface area (Å²) < 4.78 is 27.2. The molecule has 0 aliphatic carbocycles. The van der Waals surface area contributed by atoms with Gasteiger partial charge < -0.3 is 9.67 Å². The van der Waals surface area contributed by atoms with Crippen LogP contribution in [-0.2, 0) is 17.1 Å². The van der Waals surface area contributed by atoms with Crippen LogP contribution in [0.1, 0.15) is 6.42 Å². The highest BCUT2D eigenvalue weighted by Crippen LogP contribution is 2.27. The van der Waals surface area contributed by atoms with E-state index in [1.807, 2.05) is 0 Å². The first-order valence-electron chi connectivity index (χ1n) is 5.24. The Morgan fingerprint density at radius 1 is 1.65 bits per heavy atom. The SMILES string of the molecule is Cn1cnc(S(=O)(=O)N2CCC(CO)C2)c1Cl. The van der Waals surface area contributed by atoms with Crippen molar-refractivity contribution in [1.29, 1.82) is 0 Å². The van der Waals surface area contributed by atoms with Crippen molar-refractivity contribution in [3.05, 3.63) is 11.5 Å². The Hall–Kier alpha value is -0.630. The molecule has 1 atom stereocenters. The molecule has 8 heteroatoms. The largest absolute Gasteiger partial charge is 0.396 e. The molecule has 1 aromatic heterocycles. The lowest BCUT2D eigenvalue weighted by Gasteiger charge is -2.14. The lowest BCUT2D eigenvalue weighted by Crippen LogP contribution is -2.29. The summed E-state index contributed by atoms with van der Waals surface area (Å²) in [6.45, 7) is 0.730. The predicted molar refractivity (Wildman–Crippen MR) is 62.2 cm³/mol. The summed E-state index contributed by atoms with van der Waals surface area (Å²) in [4.78, 5) is 3.82. The van der Waals surface area contributed by atoms with Crippen molar-refractivity contribution >= 4 is 21.6 Å². The quantitative estimate of drug-likeness (QED) is 0.850. The van der Waals surface area contributed by atoms with E-state index in [1.165, 1.54) is 15.2 Å². The summed E-state index contributed by atoms with van der Waals surface area (Å²) >= 11 is 5.89. The van der Waals surface area contributed by atoms with E-state index in [9.17, 15) is 8.42 Å². The van der Waals surface area contributed by atoms with Gasteiger partial charge >= 0.3 is 0 Å². The smallest absolute Gasteiger partial charge is 0.263 e. The molecule has 1 aliphatic rings. The molecule has 1 fully saturated rings. The van der Waals surface area contributed by atoms with Crippen LogP contribution >= 0.6 is 11.6 Å². The van der Waals surface area contributed by atoms with Gasteiger partial charge in [-0.15, -0.1) is 0 Å². The highest BCUT2D eigenvalue weighted by atomic mass is 35.5. The minimum Gasteiger partial charge on any atom is -0.396 e. The van der Waals surface area contributed by atoms with Crippen LogP contribution in [0.5, 0.6) is 0 Å². The molecule has 1 unspecified atom stereocenters. The molecule has 2 rings (SSSR count). The minimum atomic E-state index is -3.63. The Labute approximate surface area is 105 Å². The van der Waals surface area contributed by atoms with Crippen molar-refractivity contribution in [3.63, 3.8) is 0 Å². The van der Waals surface area contributed by atoms with Crippen molar-refractivity contribution in [1.82, 2.24) is 13.9 Å². The zero-order chi connectivity index (χ0) is 12.6. The molecule has 2 heterocycles. The molecule has 96 valence electrons. The maximum absolute atomic E-state index is 12.2. The molecule has 0 saturated carbocycles. The monoisotopic (exact) mass is 279 g/mol. The van der Waals surface area contributed by atoms with Gasteiger partial charge in [0.15, 0.2) is 0 Å². The fraction of sp³-hybridized carbons (Fsp3) is 0.667. The molecule has 0 radical (unpaired) electrons. The molecule has 1 N–H and O–H groups in total. The van der Waals surface area contributed by atoms with Crippen LogP contribution in [0.3, 0.4) is 0 Å². The summed E-state index contributed by atoms with van der Waals surface area (Å²) in [5, 5.41) is 9.01. The number of imidazole rings is 1. The molecular weight excluding hydrogens is 266 g/mol. The standard InChI is InChI=1S/C9H14ClN3O3S/c1-12-6-11-9(8(12)10)17(15,16)13-3-2-7(4-13)5-14/h6-7,14H,2-5H2,1H3. The number of aryl methyl sites for hydroxylation is 1. The van der Waals surface area contributed by atoms with Gasteiger partial charge in [-0.1, -0.05) is 11.6 Å². The van der Waals surface area contributed by atoms with Crippen LogP contribution in [0, 0.1) is 5.92 Å². The second kappa shape index (κ2) is 4.56. The van der Waals surface area contributed by atoms with Crippen LogP contribution in [0.2, 0.25) is 5.15 Å². The third-order valence-corrected chi connectivity index (χ3v) is 5.28. The third kappa shape index (κ3) is 2.20. The Bertz CT molecular complexity index is 514. The summed E-state index contributed by atoms with van der Waals surface area (Å²) in [7, 11) is -2.00. The van der Waals surface area contributed by atoms with Gasteiger partial charge in [-0.3, -0.25) is 0 Å². The van der Waals surface area contributed by atoms with E-state index in [0.29, 0.717) is 19.5 Å². The van der Waals surface area contributed by atoms with Crippen molar-refractivity contribution in [2.24, 2.45) is 13.0 Å².